The number of carbonyl (C=O) groups excluding carboxylic acids is 1. The van der Waals surface area contributed by atoms with Gasteiger partial charge in [-0.15, -0.1) is 0 Å². The van der Waals surface area contributed by atoms with Gasteiger partial charge in [0.15, 0.2) is 11.6 Å². The molecule has 1 amide bonds. The summed E-state index contributed by atoms with van der Waals surface area (Å²) < 4.78 is 25.6. The molecule has 1 rings (SSSR count). The molecule has 1 aromatic carbocycles. The van der Waals surface area contributed by atoms with Gasteiger partial charge in [-0.1, -0.05) is 6.07 Å². The highest BCUT2D eigenvalue weighted by atomic mass is 32.2. The van der Waals surface area contributed by atoms with Crippen molar-refractivity contribution in [2.45, 2.75) is 18.2 Å². The van der Waals surface area contributed by atoms with Crippen molar-refractivity contribution in [2.75, 3.05) is 5.75 Å². The van der Waals surface area contributed by atoms with Crippen LogP contribution >= 0.6 is 11.8 Å². The number of halogens is 2. The number of carboxylic acids is 1. The summed E-state index contributed by atoms with van der Waals surface area (Å²) in [5, 5.41) is 11.0. The lowest BCUT2D eigenvalue weighted by atomic mass is 10.2. The number of carboxylic acid groups (broad SMARTS) is 1. The molecule has 0 aliphatic heterocycles. The van der Waals surface area contributed by atoms with Gasteiger partial charge in [-0.3, -0.25) is 4.79 Å². The third-order valence-corrected chi connectivity index (χ3v) is 3.43. The van der Waals surface area contributed by atoms with Gasteiger partial charge in [0.1, 0.15) is 6.04 Å². The minimum Gasteiger partial charge on any atom is -0.480 e. The Morgan fingerprint density at radius 3 is 2.74 bits per heavy atom. The average molecular weight is 289 g/mol. The van der Waals surface area contributed by atoms with Crippen molar-refractivity contribution in [3.63, 3.8) is 0 Å². The minimum absolute atomic E-state index is 0.266. The number of amides is 1. The zero-order chi connectivity index (χ0) is 14.3. The van der Waals surface area contributed by atoms with Crippen LogP contribution in [-0.2, 0) is 15.3 Å². The second kappa shape index (κ2) is 7.73. The van der Waals surface area contributed by atoms with E-state index < -0.39 is 23.6 Å². The molecule has 104 valence electrons. The minimum atomic E-state index is -1.10. The summed E-state index contributed by atoms with van der Waals surface area (Å²) >= 11 is 1.38. The molecule has 0 aromatic heterocycles. The highest BCUT2D eigenvalue weighted by Crippen LogP contribution is 2.16. The Hall–Kier alpha value is -1.63. The third-order valence-electron chi connectivity index (χ3n) is 2.37. The molecule has 0 fully saturated rings. The molecule has 7 heteroatoms. The molecule has 0 heterocycles. The fraction of sp³-hybridized carbons (Fsp3) is 0.333. The van der Waals surface area contributed by atoms with Crippen LogP contribution in [0.15, 0.2) is 18.2 Å². The van der Waals surface area contributed by atoms with Gasteiger partial charge >= 0.3 is 5.97 Å². The van der Waals surface area contributed by atoms with Crippen LogP contribution in [0.2, 0.25) is 0 Å². The topological polar surface area (TPSA) is 66.4 Å². The second-order valence-corrected chi connectivity index (χ2v) is 4.87. The number of benzene rings is 1. The first kappa shape index (κ1) is 15.4. The molecule has 19 heavy (non-hydrogen) atoms. The van der Waals surface area contributed by atoms with Crippen LogP contribution in [0.3, 0.4) is 0 Å². The molecule has 0 saturated carbocycles. The monoisotopic (exact) mass is 289 g/mol. The van der Waals surface area contributed by atoms with Crippen LogP contribution in [0.25, 0.3) is 0 Å². The Bertz CT molecular complexity index is 457. The third kappa shape index (κ3) is 5.25. The van der Waals surface area contributed by atoms with Gasteiger partial charge in [0.05, 0.1) is 0 Å². The van der Waals surface area contributed by atoms with Crippen molar-refractivity contribution in [1.29, 1.82) is 0 Å². The Kier molecular flexibility index (Phi) is 6.27. The number of rotatable bonds is 8. The van der Waals surface area contributed by atoms with E-state index in [2.05, 4.69) is 5.32 Å². The van der Waals surface area contributed by atoms with Gasteiger partial charge in [0, 0.05) is 5.75 Å². The summed E-state index contributed by atoms with van der Waals surface area (Å²) in [7, 11) is 0. The molecule has 1 aromatic rings. The predicted octanol–water partition coefficient (Wildman–Crippen LogP) is 1.79. The van der Waals surface area contributed by atoms with E-state index in [1.807, 2.05) is 0 Å². The van der Waals surface area contributed by atoms with Crippen LogP contribution in [0.1, 0.15) is 12.0 Å². The van der Waals surface area contributed by atoms with E-state index in [9.17, 15) is 18.4 Å². The van der Waals surface area contributed by atoms with Crippen LogP contribution < -0.4 is 5.32 Å². The smallest absolute Gasteiger partial charge is 0.326 e. The van der Waals surface area contributed by atoms with Crippen LogP contribution in [0.4, 0.5) is 8.78 Å². The van der Waals surface area contributed by atoms with Crippen molar-refractivity contribution in [3.8, 4) is 0 Å². The van der Waals surface area contributed by atoms with Crippen LogP contribution in [-0.4, -0.2) is 29.3 Å². The molecule has 0 radical (unpaired) electrons. The van der Waals surface area contributed by atoms with Gasteiger partial charge in [0.2, 0.25) is 6.41 Å². The first-order chi connectivity index (χ1) is 9.04. The fourth-order valence-corrected chi connectivity index (χ4v) is 2.34. The van der Waals surface area contributed by atoms with Crippen molar-refractivity contribution in [1.82, 2.24) is 5.32 Å². The van der Waals surface area contributed by atoms with E-state index in [0.29, 0.717) is 23.5 Å². The van der Waals surface area contributed by atoms with E-state index in [1.165, 1.54) is 17.8 Å². The van der Waals surface area contributed by atoms with Crippen molar-refractivity contribution in [2.24, 2.45) is 0 Å². The summed E-state index contributed by atoms with van der Waals surface area (Å²) in [6.07, 6.45) is 0.612. The summed E-state index contributed by atoms with van der Waals surface area (Å²) in [5.74, 6) is -1.96. The number of nitrogens with one attached hydrogen (secondary N) is 1. The first-order valence-corrected chi connectivity index (χ1v) is 6.64. The van der Waals surface area contributed by atoms with E-state index in [1.54, 1.807) is 0 Å². The molecule has 2 N–H and O–H groups in total. The van der Waals surface area contributed by atoms with Crippen molar-refractivity contribution in [3.05, 3.63) is 35.4 Å². The maximum Gasteiger partial charge on any atom is 0.326 e. The van der Waals surface area contributed by atoms with Gasteiger partial charge in [-0.05, 0) is 29.9 Å². The Labute approximate surface area is 113 Å². The Morgan fingerprint density at radius 1 is 1.42 bits per heavy atom. The fourth-order valence-electron chi connectivity index (χ4n) is 1.38. The lowest BCUT2D eigenvalue weighted by Crippen LogP contribution is -2.36. The molecule has 0 bridgehead atoms. The van der Waals surface area contributed by atoms with Gasteiger partial charge in [-0.2, -0.15) is 11.8 Å². The standard InChI is InChI=1S/C12H13F2NO3S/c13-9-2-1-8(5-10(9)14)6-19-4-3-11(12(17)18)15-7-16/h1-2,5,7,11H,3-4,6H2,(H,15,16)(H,17,18). The molecular formula is C12H13F2NO3S. The number of aliphatic carboxylic acids is 1. The number of carbonyl (C=O) groups is 2. The number of thioether (sulfide) groups is 1. The lowest BCUT2D eigenvalue weighted by Gasteiger charge is -2.10. The van der Waals surface area contributed by atoms with E-state index in [-0.39, 0.29) is 6.42 Å². The molecule has 1 atom stereocenters. The van der Waals surface area contributed by atoms with Crippen molar-refractivity contribution < 1.29 is 23.5 Å². The molecule has 1 unspecified atom stereocenters. The quantitative estimate of drug-likeness (QED) is 0.565. The second-order valence-electron chi connectivity index (χ2n) is 3.77. The number of hydrogen-bond donors (Lipinski definition) is 2. The molecular weight excluding hydrogens is 276 g/mol. The normalized spacial score (nSPS) is 11.9. The highest BCUT2D eigenvalue weighted by Gasteiger charge is 2.15. The van der Waals surface area contributed by atoms with E-state index in [0.717, 1.165) is 12.1 Å². The summed E-state index contributed by atoms with van der Waals surface area (Å²) in [6.45, 7) is 0. The average Bonchev–Trinajstić information content (AvgIpc) is 2.37. The van der Waals surface area contributed by atoms with E-state index in [4.69, 9.17) is 5.11 Å². The van der Waals surface area contributed by atoms with Gasteiger partial charge in [0.25, 0.3) is 0 Å². The zero-order valence-corrected chi connectivity index (χ0v) is 10.8. The molecule has 0 aliphatic rings. The van der Waals surface area contributed by atoms with Gasteiger partial charge in [-0.25, -0.2) is 13.6 Å². The van der Waals surface area contributed by atoms with Gasteiger partial charge < -0.3 is 10.4 Å². The molecule has 0 spiro atoms. The largest absolute Gasteiger partial charge is 0.480 e. The molecule has 0 saturated heterocycles. The first-order valence-electron chi connectivity index (χ1n) is 5.48. The summed E-state index contributed by atoms with van der Waals surface area (Å²) in [4.78, 5) is 20.9. The van der Waals surface area contributed by atoms with E-state index >= 15 is 0 Å². The molecule has 4 nitrogen and oxygen atoms in total. The SMILES string of the molecule is O=CNC(CCSCc1ccc(F)c(F)c1)C(=O)O. The van der Waals surface area contributed by atoms with Crippen LogP contribution in [0, 0.1) is 11.6 Å². The Balaban J connectivity index is 2.35. The lowest BCUT2D eigenvalue weighted by molar-refractivity contribution is -0.140. The maximum absolute atomic E-state index is 12.9. The number of hydrogen-bond acceptors (Lipinski definition) is 3. The highest BCUT2D eigenvalue weighted by molar-refractivity contribution is 7.98. The summed E-state index contributed by atoms with van der Waals surface area (Å²) in [6, 6.07) is 2.72. The predicted molar refractivity (Wildman–Crippen MR) is 67.8 cm³/mol. The maximum atomic E-state index is 12.9. The van der Waals surface area contributed by atoms with Crippen LogP contribution in [0.5, 0.6) is 0 Å². The zero-order valence-electron chi connectivity index (χ0n) is 9.94. The Morgan fingerprint density at radius 2 is 2.16 bits per heavy atom. The molecule has 0 aliphatic carbocycles. The van der Waals surface area contributed by atoms with Crippen molar-refractivity contribution >= 4 is 24.1 Å². The summed E-state index contributed by atoms with van der Waals surface area (Å²) in [5.41, 5.74) is 0.624.